The number of nitrogens with two attached hydrogens (primary N) is 1. The molecule has 1 saturated heterocycles. The van der Waals surface area contributed by atoms with Crippen molar-refractivity contribution in [1.29, 1.82) is 0 Å². The average Bonchev–Trinajstić information content (AvgIpc) is 2.15. The Morgan fingerprint density at radius 3 is 2.93 bits per heavy atom. The monoisotopic (exact) mass is 200 g/mol. The minimum Gasteiger partial charge on any atom is -0.481 e. The highest BCUT2D eigenvalue weighted by Gasteiger charge is 2.25. The van der Waals surface area contributed by atoms with E-state index < -0.39 is 5.97 Å². The summed E-state index contributed by atoms with van der Waals surface area (Å²) in [5.74, 6) is 0.00372. The number of hydrogen-bond donors (Lipinski definition) is 2. The first-order valence-electron chi connectivity index (χ1n) is 5.29. The third-order valence-electron chi connectivity index (χ3n) is 2.98. The molecule has 14 heavy (non-hydrogen) atoms. The number of carbonyl (C=O) groups is 1. The highest BCUT2D eigenvalue weighted by molar-refractivity contribution is 5.66. The molecule has 1 fully saturated rings. The Kier molecular flexibility index (Phi) is 4.35. The van der Waals surface area contributed by atoms with Crippen molar-refractivity contribution in [2.45, 2.75) is 32.2 Å². The molecule has 1 rings (SSSR count). The van der Waals surface area contributed by atoms with Gasteiger partial charge in [-0.05, 0) is 25.3 Å². The van der Waals surface area contributed by atoms with Crippen molar-refractivity contribution >= 4 is 5.97 Å². The smallest absolute Gasteiger partial charge is 0.304 e. The van der Waals surface area contributed by atoms with E-state index in [0.29, 0.717) is 19.1 Å². The molecule has 2 atom stereocenters. The van der Waals surface area contributed by atoms with Crippen LogP contribution in [0.4, 0.5) is 0 Å². The molecular formula is C10H20N2O2. The minimum atomic E-state index is -0.723. The van der Waals surface area contributed by atoms with Gasteiger partial charge in [0.15, 0.2) is 0 Å². The second kappa shape index (κ2) is 5.32. The van der Waals surface area contributed by atoms with Crippen molar-refractivity contribution < 1.29 is 9.90 Å². The van der Waals surface area contributed by atoms with Gasteiger partial charge in [-0.2, -0.15) is 0 Å². The van der Waals surface area contributed by atoms with E-state index in [9.17, 15) is 4.79 Å². The number of rotatable bonds is 4. The number of carboxylic acid groups (broad SMARTS) is 1. The summed E-state index contributed by atoms with van der Waals surface area (Å²) in [6.45, 7) is 4.52. The van der Waals surface area contributed by atoms with E-state index in [0.717, 1.165) is 25.3 Å². The highest BCUT2D eigenvalue weighted by Crippen LogP contribution is 2.21. The van der Waals surface area contributed by atoms with Gasteiger partial charge in [0, 0.05) is 19.1 Å². The predicted octanol–water partition coefficient (Wildman–Crippen LogP) is 0.520. The molecule has 0 spiro atoms. The van der Waals surface area contributed by atoms with E-state index in [-0.39, 0.29) is 6.42 Å². The number of likely N-dealkylation sites (tertiary alicyclic amines) is 1. The van der Waals surface area contributed by atoms with Gasteiger partial charge in [0.2, 0.25) is 0 Å². The summed E-state index contributed by atoms with van der Waals surface area (Å²) in [5.41, 5.74) is 5.67. The van der Waals surface area contributed by atoms with E-state index in [2.05, 4.69) is 11.8 Å². The van der Waals surface area contributed by atoms with Crippen molar-refractivity contribution in [1.82, 2.24) is 4.90 Å². The standard InChI is InChI=1S/C10H20N2O2/c1-8-2-4-12(5-3-10(13)14)9(6-8)7-11/h8-9H,2-7,11H2,1H3,(H,13,14). The number of piperidine rings is 1. The van der Waals surface area contributed by atoms with Gasteiger partial charge in [-0.1, -0.05) is 6.92 Å². The molecule has 82 valence electrons. The summed E-state index contributed by atoms with van der Waals surface area (Å²) in [7, 11) is 0. The normalized spacial score (nSPS) is 29.0. The Balaban J connectivity index is 2.38. The van der Waals surface area contributed by atoms with Gasteiger partial charge in [0.05, 0.1) is 6.42 Å². The predicted molar refractivity (Wildman–Crippen MR) is 55.1 cm³/mol. The van der Waals surface area contributed by atoms with Crippen LogP contribution in [0.3, 0.4) is 0 Å². The van der Waals surface area contributed by atoms with Crippen LogP contribution < -0.4 is 5.73 Å². The molecular weight excluding hydrogens is 180 g/mol. The van der Waals surface area contributed by atoms with Crippen LogP contribution in [0.25, 0.3) is 0 Å². The molecule has 1 aliphatic rings. The molecule has 0 saturated carbocycles. The second-order valence-corrected chi connectivity index (χ2v) is 4.20. The maximum atomic E-state index is 10.4. The molecule has 0 aromatic rings. The summed E-state index contributed by atoms with van der Waals surface area (Å²) < 4.78 is 0. The van der Waals surface area contributed by atoms with Crippen molar-refractivity contribution in [2.24, 2.45) is 11.7 Å². The third-order valence-corrected chi connectivity index (χ3v) is 2.98. The molecule has 0 bridgehead atoms. The Hall–Kier alpha value is -0.610. The van der Waals surface area contributed by atoms with Gasteiger partial charge in [-0.15, -0.1) is 0 Å². The first-order valence-corrected chi connectivity index (χ1v) is 5.29. The van der Waals surface area contributed by atoms with Crippen LogP contribution in [0.15, 0.2) is 0 Å². The van der Waals surface area contributed by atoms with E-state index in [1.54, 1.807) is 0 Å². The van der Waals surface area contributed by atoms with E-state index in [1.165, 1.54) is 0 Å². The average molecular weight is 200 g/mol. The summed E-state index contributed by atoms with van der Waals surface area (Å²) in [4.78, 5) is 12.7. The number of aliphatic carboxylic acids is 1. The summed E-state index contributed by atoms with van der Waals surface area (Å²) >= 11 is 0. The van der Waals surface area contributed by atoms with Gasteiger partial charge >= 0.3 is 5.97 Å². The molecule has 1 aliphatic heterocycles. The van der Waals surface area contributed by atoms with Crippen molar-refractivity contribution in [3.8, 4) is 0 Å². The van der Waals surface area contributed by atoms with Gasteiger partial charge < -0.3 is 10.8 Å². The van der Waals surface area contributed by atoms with Crippen LogP contribution in [0, 0.1) is 5.92 Å². The maximum Gasteiger partial charge on any atom is 0.304 e. The Morgan fingerprint density at radius 1 is 1.64 bits per heavy atom. The van der Waals surface area contributed by atoms with Gasteiger partial charge in [-0.25, -0.2) is 0 Å². The topological polar surface area (TPSA) is 66.6 Å². The highest BCUT2D eigenvalue weighted by atomic mass is 16.4. The minimum absolute atomic E-state index is 0.227. The Morgan fingerprint density at radius 2 is 2.36 bits per heavy atom. The van der Waals surface area contributed by atoms with E-state index in [4.69, 9.17) is 10.8 Å². The molecule has 4 nitrogen and oxygen atoms in total. The Labute approximate surface area is 85.1 Å². The van der Waals surface area contributed by atoms with Gasteiger partial charge in [0.25, 0.3) is 0 Å². The van der Waals surface area contributed by atoms with Crippen LogP contribution in [0.2, 0.25) is 0 Å². The van der Waals surface area contributed by atoms with Crippen LogP contribution >= 0.6 is 0 Å². The van der Waals surface area contributed by atoms with Crippen LogP contribution in [-0.2, 0) is 4.79 Å². The fraction of sp³-hybridized carbons (Fsp3) is 0.900. The first kappa shape index (κ1) is 11.5. The van der Waals surface area contributed by atoms with Gasteiger partial charge in [-0.3, -0.25) is 9.69 Å². The zero-order valence-corrected chi connectivity index (χ0v) is 8.78. The lowest BCUT2D eigenvalue weighted by molar-refractivity contribution is -0.137. The van der Waals surface area contributed by atoms with Crippen LogP contribution in [0.5, 0.6) is 0 Å². The zero-order chi connectivity index (χ0) is 10.6. The zero-order valence-electron chi connectivity index (χ0n) is 8.78. The lowest BCUT2D eigenvalue weighted by Crippen LogP contribution is -2.46. The molecule has 1 heterocycles. The molecule has 4 heteroatoms. The summed E-state index contributed by atoms with van der Waals surface area (Å²) in [6.07, 6.45) is 2.50. The fourth-order valence-corrected chi connectivity index (χ4v) is 2.08. The first-order chi connectivity index (χ1) is 6.63. The number of nitrogens with zero attached hydrogens (tertiary/aromatic N) is 1. The van der Waals surface area contributed by atoms with E-state index >= 15 is 0 Å². The SMILES string of the molecule is CC1CCN(CCC(=O)O)C(CN)C1. The molecule has 0 amide bonds. The number of hydrogen-bond acceptors (Lipinski definition) is 3. The summed E-state index contributed by atoms with van der Waals surface area (Å²) in [5, 5.41) is 8.60. The number of carboxylic acids is 1. The molecule has 0 aromatic heterocycles. The Bertz CT molecular complexity index is 197. The molecule has 0 aliphatic carbocycles. The maximum absolute atomic E-state index is 10.4. The third kappa shape index (κ3) is 3.27. The van der Waals surface area contributed by atoms with E-state index in [1.807, 2.05) is 0 Å². The van der Waals surface area contributed by atoms with Crippen molar-refractivity contribution in [3.63, 3.8) is 0 Å². The lowest BCUT2D eigenvalue weighted by atomic mass is 9.92. The quantitative estimate of drug-likeness (QED) is 0.694. The van der Waals surface area contributed by atoms with Crippen molar-refractivity contribution in [2.75, 3.05) is 19.6 Å². The molecule has 3 N–H and O–H groups in total. The molecule has 0 radical (unpaired) electrons. The molecule has 0 aromatic carbocycles. The van der Waals surface area contributed by atoms with Crippen LogP contribution in [-0.4, -0.2) is 41.7 Å². The molecule has 2 unspecified atom stereocenters. The lowest BCUT2D eigenvalue weighted by Gasteiger charge is -2.37. The fourth-order valence-electron chi connectivity index (χ4n) is 2.08. The van der Waals surface area contributed by atoms with Crippen LogP contribution in [0.1, 0.15) is 26.2 Å². The largest absolute Gasteiger partial charge is 0.481 e. The van der Waals surface area contributed by atoms with Crippen molar-refractivity contribution in [3.05, 3.63) is 0 Å². The second-order valence-electron chi connectivity index (χ2n) is 4.20. The summed E-state index contributed by atoms with van der Waals surface area (Å²) in [6, 6.07) is 0.387. The van der Waals surface area contributed by atoms with Gasteiger partial charge in [0.1, 0.15) is 0 Å².